The van der Waals surface area contributed by atoms with Gasteiger partial charge in [-0.3, -0.25) is 0 Å². The second-order valence-electron chi connectivity index (χ2n) is 5.48. The molecule has 0 aliphatic carbocycles. The SMILES string of the molecule is COC(=O)C1=Cc2cc(Cl)cc(-c3ccccc3F)c2OC1C(F)(F)F. The van der Waals surface area contributed by atoms with Gasteiger partial charge in [0.2, 0.25) is 6.10 Å². The smallest absolute Gasteiger partial charge is 0.430 e. The molecule has 0 spiro atoms. The molecule has 2 aromatic carbocycles. The fourth-order valence-electron chi connectivity index (χ4n) is 2.68. The van der Waals surface area contributed by atoms with Crippen LogP contribution in [-0.4, -0.2) is 25.4 Å². The fourth-order valence-corrected chi connectivity index (χ4v) is 2.91. The van der Waals surface area contributed by atoms with Crippen LogP contribution in [0.4, 0.5) is 17.6 Å². The first-order valence-electron chi connectivity index (χ1n) is 7.34. The number of halogens is 5. The van der Waals surface area contributed by atoms with Crippen LogP contribution in [0.5, 0.6) is 5.75 Å². The summed E-state index contributed by atoms with van der Waals surface area (Å²) in [6, 6.07) is 8.19. The molecule has 26 heavy (non-hydrogen) atoms. The Morgan fingerprint density at radius 2 is 1.88 bits per heavy atom. The summed E-state index contributed by atoms with van der Waals surface area (Å²) in [5.74, 6) is -2.04. The Kier molecular flexibility index (Phi) is 4.66. The number of esters is 1. The topological polar surface area (TPSA) is 35.5 Å². The lowest BCUT2D eigenvalue weighted by atomic mass is 9.95. The van der Waals surface area contributed by atoms with Crippen molar-refractivity contribution in [3.63, 3.8) is 0 Å². The van der Waals surface area contributed by atoms with Crippen LogP contribution in [0.1, 0.15) is 5.56 Å². The first-order valence-corrected chi connectivity index (χ1v) is 7.72. The van der Waals surface area contributed by atoms with Gasteiger partial charge in [-0.05, 0) is 24.3 Å². The molecule has 1 heterocycles. The molecule has 2 aromatic rings. The summed E-state index contributed by atoms with van der Waals surface area (Å²) in [6.45, 7) is 0. The van der Waals surface area contributed by atoms with Crippen molar-refractivity contribution < 1.29 is 31.8 Å². The Morgan fingerprint density at radius 1 is 1.19 bits per heavy atom. The number of benzene rings is 2. The van der Waals surface area contributed by atoms with Gasteiger partial charge in [0.15, 0.2) is 0 Å². The van der Waals surface area contributed by atoms with Crippen molar-refractivity contribution in [2.75, 3.05) is 7.11 Å². The molecule has 136 valence electrons. The van der Waals surface area contributed by atoms with E-state index in [2.05, 4.69) is 4.74 Å². The molecule has 0 aromatic heterocycles. The van der Waals surface area contributed by atoms with Crippen molar-refractivity contribution >= 4 is 23.6 Å². The van der Waals surface area contributed by atoms with Gasteiger partial charge in [0.25, 0.3) is 0 Å². The first kappa shape index (κ1) is 18.3. The molecule has 0 N–H and O–H groups in total. The number of hydrogen-bond donors (Lipinski definition) is 0. The third-order valence-electron chi connectivity index (χ3n) is 3.79. The summed E-state index contributed by atoms with van der Waals surface area (Å²) in [7, 11) is 0.967. The summed E-state index contributed by atoms with van der Waals surface area (Å²) in [5.41, 5.74) is -0.506. The molecule has 0 saturated carbocycles. The van der Waals surface area contributed by atoms with Crippen LogP contribution in [-0.2, 0) is 9.53 Å². The lowest BCUT2D eigenvalue weighted by molar-refractivity contribution is -0.187. The number of alkyl halides is 3. The van der Waals surface area contributed by atoms with Crippen molar-refractivity contribution in [2.24, 2.45) is 0 Å². The monoisotopic (exact) mass is 386 g/mol. The molecule has 3 rings (SSSR count). The number of fused-ring (bicyclic) bond motifs is 1. The normalized spacial score (nSPS) is 16.4. The van der Waals surface area contributed by atoms with Crippen molar-refractivity contribution in [3.05, 3.63) is 58.4 Å². The van der Waals surface area contributed by atoms with Gasteiger partial charge < -0.3 is 9.47 Å². The van der Waals surface area contributed by atoms with Gasteiger partial charge >= 0.3 is 12.1 Å². The van der Waals surface area contributed by atoms with E-state index in [1.54, 1.807) is 0 Å². The molecule has 0 fully saturated rings. The highest BCUT2D eigenvalue weighted by Gasteiger charge is 2.49. The van der Waals surface area contributed by atoms with E-state index in [1.807, 2.05) is 0 Å². The van der Waals surface area contributed by atoms with Crippen molar-refractivity contribution in [3.8, 4) is 16.9 Å². The van der Waals surface area contributed by atoms with E-state index in [1.165, 1.54) is 36.4 Å². The van der Waals surface area contributed by atoms with Crippen LogP contribution >= 0.6 is 11.6 Å². The molecule has 3 nitrogen and oxygen atoms in total. The van der Waals surface area contributed by atoms with Crippen molar-refractivity contribution in [2.45, 2.75) is 12.3 Å². The van der Waals surface area contributed by atoms with Crippen molar-refractivity contribution in [1.29, 1.82) is 0 Å². The maximum absolute atomic E-state index is 14.2. The van der Waals surface area contributed by atoms with Gasteiger partial charge in [0, 0.05) is 21.7 Å². The zero-order valence-corrected chi connectivity index (χ0v) is 14.0. The quantitative estimate of drug-likeness (QED) is 0.536. The maximum atomic E-state index is 14.2. The molecular weight excluding hydrogens is 376 g/mol. The van der Waals surface area contributed by atoms with Crippen molar-refractivity contribution in [1.82, 2.24) is 0 Å². The molecule has 0 saturated heterocycles. The molecule has 1 aliphatic heterocycles. The van der Waals surface area contributed by atoms with Crippen LogP contribution in [0, 0.1) is 5.82 Å². The van der Waals surface area contributed by atoms with Gasteiger partial charge in [-0.25, -0.2) is 9.18 Å². The maximum Gasteiger partial charge on any atom is 0.430 e. The van der Waals surface area contributed by atoms with Crippen LogP contribution in [0.15, 0.2) is 42.0 Å². The highest BCUT2D eigenvalue weighted by Crippen LogP contribution is 2.44. The summed E-state index contributed by atoms with van der Waals surface area (Å²) in [5, 5.41) is 0.150. The molecule has 0 radical (unpaired) electrons. The van der Waals surface area contributed by atoms with Gasteiger partial charge in [-0.2, -0.15) is 13.2 Å². The number of ether oxygens (including phenoxy) is 2. The van der Waals surface area contributed by atoms with E-state index in [0.29, 0.717) is 0 Å². The average molecular weight is 387 g/mol. The molecule has 0 amide bonds. The van der Waals surface area contributed by atoms with Gasteiger partial charge in [-0.15, -0.1) is 0 Å². The summed E-state index contributed by atoms with van der Waals surface area (Å²) >= 11 is 6.03. The number of hydrogen-bond acceptors (Lipinski definition) is 3. The van der Waals surface area contributed by atoms with Crippen LogP contribution in [0.2, 0.25) is 5.02 Å². The van der Waals surface area contributed by atoms with E-state index in [0.717, 1.165) is 13.2 Å². The Labute approximate surface area is 150 Å². The van der Waals surface area contributed by atoms with E-state index >= 15 is 0 Å². The van der Waals surface area contributed by atoms with E-state index in [9.17, 15) is 22.4 Å². The largest absolute Gasteiger partial charge is 0.475 e. The third kappa shape index (κ3) is 3.26. The number of carbonyl (C=O) groups is 1. The fraction of sp³-hybridized carbons (Fsp3) is 0.167. The second kappa shape index (κ2) is 6.64. The lowest BCUT2D eigenvalue weighted by Gasteiger charge is -2.29. The lowest BCUT2D eigenvalue weighted by Crippen LogP contribution is -2.40. The molecule has 8 heteroatoms. The van der Waals surface area contributed by atoms with E-state index in [4.69, 9.17) is 16.3 Å². The summed E-state index contributed by atoms with van der Waals surface area (Å²) in [4.78, 5) is 11.8. The molecule has 1 atom stereocenters. The number of rotatable bonds is 2. The first-order chi connectivity index (χ1) is 12.2. The minimum absolute atomic E-state index is 0.0297. The summed E-state index contributed by atoms with van der Waals surface area (Å²) in [6.07, 6.45) is -6.41. The Bertz CT molecular complexity index is 906. The molecule has 1 unspecified atom stereocenters. The minimum Gasteiger partial charge on any atom is -0.475 e. The van der Waals surface area contributed by atoms with E-state index < -0.39 is 29.6 Å². The molecule has 0 bridgehead atoms. The van der Waals surface area contributed by atoms with Gasteiger partial charge in [0.05, 0.1) is 12.7 Å². The molecular formula is C18H11ClF4O3. The van der Waals surface area contributed by atoms with Crippen LogP contribution < -0.4 is 4.74 Å². The Morgan fingerprint density at radius 3 is 2.50 bits per heavy atom. The predicted molar refractivity (Wildman–Crippen MR) is 87.3 cm³/mol. The summed E-state index contributed by atoms with van der Waals surface area (Å²) < 4.78 is 63.9. The van der Waals surface area contributed by atoms with Gasteiger partial charge in [0.1, 0.15) is 11.6 Å². The Balaban J connectivity index is 2.25. The van der Waals surface area contributed by atoms with Crippen LogP contribution in [0.3, 0.4) is 0 Å². The predicted octanol–water partition coefficient (Wildman–Crippen LogP) is 5.03. The highest BCUT2D eigenvalue weighted by atomic mass is 35.5. The zero-order valence-electron chi connectivity index (χ0n) is 13.2. The average Bonchev–Trinajstić information content (AvgIpc) is 2.58. The van der Waals surface area contributed by atoms with E-state index in [-0.39, 0.29) is 27.5 Å². The second-order valence-corrected chi connectivity index (χ2v) is 5.92. The number of carbonyl (C=O) groups excluding carboxylic acids is 1. The standard InChI is InChI=1S/C18H11ClF4O3/c1-25-17(24)13-7-9-6-10(19)8-12(11-4-2-3-5-14(11)20)15(9)26-16(13)18(21,22)23/h2-8,16H,1H3. The Hall–Kier alpha value is -2.54. The van der Waals surface area contributed by atoms with Crippen LogP contribution in [0.25, 0.3) is 17.2 Å². The highest BCUT2D eigenvalue weighted by molar-refractivity contribution is 6.31. The van der Waals surface area contributed by atoms with Gasteiger partial charge in [-0.1, -0.05) is 29.8 Å². The number of methoxy groups -OCH3 is 1. The minimum atomic E-state index is -4.87. The zero-order chi connectivity index (χ0) is 19.1. The molecule has 1 aliphatic rings. The third-order valence-corrected chi connectivity index (χ3v) is 4.01.